The number of anilines is 4. The molecule has 0 spiro atoms. The van der Waals surface area contributed by atoms with Crippen LogP contribution in [0.1, 0.15) is 99.0 Å². The van der Waals surface area contributed by atoms with E-state index in [1.54, 1.807) is 61.8 Å². The van der Waals surface area contributed by atoms with Gasteiger partial charge in [0.15, 0.2) is 62.5 Å². The Kier molecular flexibility index (Phi) is 36.2. The Bertz CT molecular complexity index is 7810. The highest BCUT2D eigenvalue weighted by molar-refractivity contribution is 7.91. The van der Waals surface area contributed by atoms with E-state index in [1.165, 1.54) is 168 Å². The molecule has 0 radical (unpaired) electrons. The van der Waals surface area contributed by atoms with Gasteiger partial charge in [0, 0.05) is 214 Å². The van der Waals surface area contributed by atoms with Crippen molar-refractivity contribution in [1.82, 2.24) is 19.9 Å². The van der Waals surface area contributed by atoms with E-state index in [0.29, 0.717) is 70.3 Å². The van der Waals surface area contributed by atoms with Gasteiger partial charge in [-0.25, -0.2) is 60.0 Å². The molecule has 0 saturated carbocycles. The number of methoxy groups -OCH3 is 4. The number of nitrogens with one attached hydrogen (secondary N) is 8. The number of aliphatic hydroxyl groups is 4. The fourth-order valence-corrected chi connectivity index (χ4v) is 19.1. The Morgan fingerprint density at radius 2 is 0.580 bits per heavy atom. The van der Waals surface area contributed by atoms with Crippen molar-refractivity contribution in [3.05, 3.63) is 332 Å². The quantitative estimate of drug-likeness (QED) is 0.0125. The van der Waals surface area contributed by atoms with Crippen LogP contribution in [0.3, 0.4) is 0 Å². The van der Waals surface area contributed by atoms with E-state index in [2.05, 4.69) is 41.2 Å². The number of benzene rings is 12. The first-order chi connectivity index (χ1) is 71.3. The second kappa shape index (κ2) is 48.5. The molecule has 44 heteroatoms. The monoisotopic (exact) mass is 2180 g/mol. The van der Waals surface area contributed by atoms with Gasteiger partial charge in [0.25, 0.3) is 0 Å². The van der Waals surface area contributed by atoms with Crippen LogP contribution < -0.4 is 59.2 Å². The van der Waals surface area contributed by atoms with Gasteiger partial charge < -0.3 is 99.5 Å². The maximum Gasteiger partial charge on any atom is 0.191 e. The lowest BCUT2D eigenvalue weighted by atomic mass is 9.95. The molecule has 4 aromatic heterocycles. The van der Waals surface area contributed by atoms with Crippen molar-refractivity contribution in [2.45, 2.75) is 57.6 Å². The van der Waals surface area contributed by atoms with Crippen LogP contribution in [0, 0.1) is 48.8 Å². The van der Waals surface area contributed by atoms with Crippen molar-refractivity contribution in [3.8, 4) is 46.0 Å². The summed E-state index contributed by atoms with van der Waals surface area (Å²) in [6.45, 7) is 1.53. The summed E-state index contributed by atoms with van der Waals surface area (Å²) in [4.78, 5) is 67.9. The highest BCUT2D eigenvalue weighted by Gasteiger charge is 2.36. The summed E-state index contributed by atoms with van der Waals surface area (Å²) in [7, 11) is -8.93. The zero-order valence-corrected chi connectivity index (χ0v) is 86.3. The zero-order chi connectivity index (χ0) is 109. The molecule has 4 atom stereocenters. The molecule has 32 nitrogen and oxygen atoms in total. The van der Waals surface area contributed by atoms with Crippen LogP contribution in [0.4, 0.5) is 49.1 Å². The van der Waals surface area contributed by atoms with Crippen molar-refractivity contribution in [2.75, 3.05) is 128 Å². The minimum atomic E-state index is -3.63. The van der Waals surface area contributed by atoms with Gasteiger partial charge >= 0.3 is 0 Å². The number of aromatic amines is 4. The molecule has 0 aliphatic carbocycles. The van der Waals surface area contributed by atoms with E-state index in [4.69, 9.17) is 61.1 Å². The summed E-state index contributed by atoms with van der Waals surface area (Å²) in [5, 5.41) is 52.4. The first kappa shape index (κ1) is 112. The number of rotatable bonds is 40. The van der Waals surface area contributed by atoms with Crippen LogP contribution in [0.5, 0.6) is 46.0 Å². The maximum atomic E-state index is 14.2. The van der Waals surface area contributed by atoms with Gasteiger partial charge in [-0.15, -0.1) is 0 Å². The van der Waals surface area contributed by atoms with Crippen LogP contribution in [0.2, 0.25) is 10.0 Å². The number of hydrogen-bond acceptors (Lipinski definition) is 28. The minimum absolute atomic E-state index is 0.0111. The van der Waals surface area contributed by atoms with Crippen molar-refractivity contribution in [1.29, 1.82) is 0 Å². The van der Waals surface area contributed by atoms with Crippen molar-refractivity contribution < 1.29 is 138 Å². The highest BCUT2D eigenvalue weighted by atomic mass is 35.5. The highest BCUT2D eigenvalue weighted by Crippen LogP contribution is 2.44. The summed E-state index contributed by atoms with van der Waals surface area (Å²) in [5.41, 5.74) is 6.47. The Balaban J connectivity index is 0.000000167. The smallest absolute Gasteiger partial charge is 0.191 e. The fraction of sp³-hybridized carbons (Fsp3) is 0.208. The minimum Gasteiger partial charge on any atom is -0.497 e. The molecule has 12 N–H and O–H groups in total. The molecular weight excluding hydrogens is 2080 g/mol. The van der Waals surface area contributed by atoms with E-state index >= 15 is 0 Å². The molecule has 788 valence electrons. The molecule has 12 aromatic carbocycles. The van der Waals surface area contributed by atoms with Crippen LogP contribution in [-0.2, 0) is 39.3 Å². The Morgan fingerprint density at radius 1 is 0.320 bits per heavy atom. The number of hydrogen-bond donors (Lipinski definition) is 12. The third-order valence-corrected chi connectivity index (χ3v) is 28.5. The van der Waals surface area contributed by atoms with Crippen LogP contribution >= 0.6 is 23.2 Å². The average Bonchev–Trinajstić information content (AvgIpc) is 1.60. The number of ether oxygens (including phenoxy) is 8. The molecule has 16 rings (SSSR count). The van der Waals surface area contributed by atoms with Gasteiger partial charge in [0.1, 0.15) is 131 Å². The van der Waals surface area contributed by atoms with Crippen LogP contribution in [0.15, 0.2) is 251 Å². The lowest BCUT2D eigenvalue weighted by Gasteiger charge is -2.23. The second-order valence-electron chi connectivity index (χ2n) is 33.8. The average molecular weight is 2180 g/mol. The van der Waals surface area contributed by atoms with E-state index in [-0.39, 0.29) is 175 Å². The number of carbonyl (C=O) groups is 4. The molecule has 0 bridgehead atoms. The molecule has 0 fully saturated rings. The van der Waals surface area contributed by atoms with Gasteiger partial charge in [0.05, 0.1) is 85.5 Å². The van der Waals surface area contributed by atoms with E-state index in [0.717, 1.165) is 67.0 Å². The number of H-pyrrole nitrogens is 4. The molecular formula is C106H100Cl2F6N8O24S4. The topological polar surface area (TPSA) is 471 Å². The fourth-order valence-electron chi connectivity index (χ4n) is 16.1. The lowest BCUT2D eigenvalue weighted by Crippen LogP contribution is -2.22. The third kappa shape index (κ3) is 26.9. The second-order valence-corrected chi connectivity index (χ2v) is 42.7. The number of Topliss-reactive ketones (excluding diaryl/α,β-unsaturated/α-hetero) is 4. The number of fused-ring (bicyclic) bond motifs is 4. The summed E-state index contributed by atoms with van der Waals surface area (Å²) < 4.78 is 226. The molecule has 150 heavy (non-hydrogen) atoms. The third-order valence-electron chi connectivity index (χ3n) is 23.5. The molecule has 0 saturated heterocycles. The Morgan fingerprint density at radius 3 is 0.880 bits per heavy atom. The molecule has 16 aromatic rings. The molecule has 0 aliphatic heterocycles. The number of sulfone groups is 4. The number of aryl methyl sites for hydroxylation is 2. The SMILES string of the molecule is COc1cc(NC(C(=O)c2c[nH]c3c(C)c(Cl)ccc23)c2ccc(F)cc2OCCO)cc(S(C)(=O)=O)c1.COc1cc(NC(C(=O)c2c[nH]c3c(C)c(F)ccc23)c2ccc(F)cc2OCCO)cc(S(C)(=O)=O)c1.COc1cc(NC(C(=O)c2c[nH]c3cc(Cl)ccc23)c2ccc(F)cc2OCCO)cc(S(C)(=O)=O)c1.COc1cc(NC(C(=O)c2c[nH]c3cc(F)ccc23)c2ccc(F)cc2OCCO)cc(S(C)(=O)=O)c1. The van der Waals surface area contributed by atoms with Crippen molar-refractivity contribution in [2.24, 2.45) is 0 Å². The molecule has 0 aliphatic rings. The Hall–Kier alpha value is -15.1. The Labute approximate surface area is 866 Å². The van der Waals surface area contributed by atoms with Gasteiger partial charge in [0.2, 0.25) is 0 Å². The van der Waals surface area contributed by atoms with Crippen LogP contribution in [-0.4, -0.2) is 203 Å². The predicted molar refractivity (Wildman–Crippen MR) is 556 cm³/mol. The largest absolute Gasteiger partial charge is 0.497 e. The van der Waals surface area contributed by atoms with E-state index in [1.807, 2.05) is 6.92 Å². The zero-order valence-electron chi connectivity index (χ0n) is 81.5. The first-order valence-electron chi connectivity index (χ1n) is 45.2. The number of halogens is 8. The van der Waals surface area contributed by atoms with E-state index < -0.39 is 122 Å². The van der Waals surface area contributed by atoms with Crippen molar-refractivity contribution in [3.63, 3.8) is 0 Å². The van der Waals surface area contributed by atoms with Gasteiger partial charge in [-0.3, -0.25) is 19.2 Å². The van der Waals surface area contributed by atoms with E-state index in [9.17, 15) is 99.6 Å². The number of aromatic nitrogens is 4. The standard InChI is InChI=1S/C27H26ClFN2O6S.C27H26F2N2O6S.C26H24ClFN2O6S.C26H24F2N2O6S/c1-15-23(28)7-6-20-22(14-30-25(15)20)27(33)26(21-5-4-16(29)10-24(21)37-9-8-32)31-17-11-18(36-2)13-19(12-17)38(3,34)35;1-15-23(29)7-6-20-22(14-30-25(15)20)27(33)26(21-5-4-16(28)10-24(21)37-9-8-32)31-17-11-18(36-2)13-19(12-17)38(3,34)35;2*1-35-18-11-17(12-19(13-18)37(2,33)34)30-25(21-6-4-16(28)10-24(21)36-8-7-31)26(32)22-14-29-23-9-15(27)3-5-20(22)23/h2*4-7,10-14,26,30-32H,8-9H2,1-3H3;2*3-6,9-14,25,29-31H,7-8H2,1-2H3. The maximum absolute atomic E-state index is 14.2. The molecule has 4 unspecified atom stereocenters. The summed E-state index contributed by atoms with van der Waals surface area (Å²) in [5.74, 6) is -4.00. The summed E-state index contributed by atoms with van der Waals surface area (Å²) >= 11 is 12.3. The van der Waals surface area contributed by atoms with Gasteiger partial charge in [-0.1, -0.05) is 35.3 Å². The number of carbonyl (C=O) groups excluding carboxylic acids is 4. The summed E-state index contributed by atoms with van der Waals surface area (Å²) in [6, 6.07) is 42.2. The van der Waals surface area contributed by atoms with Crippen LogP contribution in [0.25, 0.3) is 43.6 Å². The van der Waals surface area contributed by atoms with Crippen molar-refractivity contribution >= 4 is 152 Å². The molecule has 0 amide bonds. The van der Waals surface area contributed by atoms with Gasteiger partial charge in [-0.2, -0.15) is 0 Å². The first-order valence-corrected chi connectivity index (χ1v) is 53.6. The molecule has 4 heterocycles. The number of aliphatic hydroxyl groups excluding tert-OH is 4. The normalized spacial score (nSPS) is 12.4. The lowest BCUT2D eigenvalue weighted by molar-refractivity contribution is 0.0961. The predicted octanol–water partition coefficient (Wildman–Crippen LogP) is 18.7. The number of ketones is 4. The summed E-state index contributed by atoms with van der Waals surface area (Å²) in [6.07, 6.45) is 10.2. The van der Waals surface area contributed by atoms with Gasteiger partial charge in [-0.05, 0) is 165 Å².